The Morgan fingerprint density at radius 2 is 1.03 bits per heavy atom. The predicted octanol–water partition coefficient (Wildman–Crippen LogP) is 6.81. The minimum Gasteiger partial charge on any atom is -0.399 e. The van der Waals surface area contributed by atoms with E-state index in [1.165, 1.54) is 89.9 Å². The third kappa shape index (κ3) is 13.7. The van der Waals surface area contributed by atoms with Gasteiger partial charge in [0.25, 0.3) is 0 Å². The fourth-order valence-corrected chi connectivity index (χ4v) is 4.68. The van der Waals surface area contributed by atoms with Gasteiger partial charge < -0.3 is 5.73 Å². The van der Waals surface area contributed by atoms with E-state index < -0.39 is 10.0 Å². The highest BCUT2D eigenvalue weighted by Gasteiger charge is 2.12. The zero-order valence-electron chi connectivity index (χ0n) is 18.6. The Hall–Kier alpha value is -1.07. The normalized spacial score (nSPS) is 11.8. The maximum Gasteiger partial charge on any atom is 0.240 e. The van der Waals surface area contributed by atoms with Crippen LogP contribution in [0.4, 0.5) is 5.69 Å². The summed E-state index contributed by atoms with van der Waals surface area (Å²) in [7, 11) is -3.40. The van der Waals surface area contributed by atoms with Crippen molar-refractivity contribution in [2.45, 2.75) is 115 Å². The molecular formula is C24H44N2O2S. The van der Waals surface area contributed by atoms with Gasteiger partial charge in [-0.1, -0.05) is 103 Å². The van der Waals surface area contributed by atoms with E-state index in [0.717, 1.165) is 12.8 Å². The maximum atomic E-state index is 12.2. The Labute approximate surface area is 180 Å². The summed E-state index contributed by atoms with van der Waals surface area (Å²) in [6, 6.07) is 6.32. The third-order valence-electron chi connectivity index (χ3n) is 5.51. The van der Waals surface area contributed by atoms with Gasteiger partial charge in [-0.3, -0.25) is 0 Å². The zero-order valence-corrected chi connectivity index (χ0v) is 19.4. The van der Waals surface area contributed by atoms with E-state index >= 15 is 0 Å². The SMILES string of the molecule is CCCCCCCCCCCCCCCCCCNS(=O)(=O)c1ccc(N)cc1. The van der Waals surface area contributed by atoms with Crippen molar-refractivity contribution < 1.29 is 8.42 Å². The Kier molecular flexibility index (Phi) is 15.0. The molecule has 3 N–H and O–H groups in total. The molecule has 0 saturated heterocycles. The largest absolute Gasteiger partial charge is 0.399 e. The maximum absolute atomic E-state index is 12.2. The molecule has 1 rings (SSSR count). The van der Waals surface area contributed by atoms with Gasteiger partial charge >= 0.3 is 0 Å². The first-order chi connectivity index (χ1) is 14.1. The molecule has 0 aromatic heterocycles. The molecule has 1 aromatic carbocycles. The standard InChI is InChI=1S/C24H44N2O2S/c1-2-3-4-5-6-7-8-9-10-11-12-13-14-15-16-17-22-26-29(27,28)24-20-18-23(25)19-21-24/h18-21,26H,2-17,22,25H2,1H3. The van der Waals surface area contributed by atoms with Crippen molar-refractivity contribution in [2.24, 2.45) is 0 Å². The number of anilines is 1. The first kappa shape index (κ1) is 26.0. The highest BCUT2D eigenvalue weighted by atomic mass is 32.2. The molecule has 168 valence electrons. The van der Waals surface area contributed by atoms with Crippen molar-refractivity contribution in [3.05, 3.63) is 24.3 Å². The summed E-state index contributed by atoms with van der Waals surface area (Å²) in [5, 5.41) is 0. The molecular weight excluding hydrogens is 380 g/mol. The number of sulfonamides is 1. The molecule has 0 fully saturated rings. The molecule has 0 bridgehead atoms. The summed E-state index contributed by atoms with van der Waals surface area (Å²) in [4.78, 5) is 0.281. The average Bonchev–Trinajstić information content (AvgIpc) is 2.70. The fourth-order valence-electron chi connectivity index (χ4n) is 3.61. The van der Waals surface area contributed by atoms with Crippen LogP contribution in [0.15, 0.2) is 29.2 Å². The van der Waals surface area contributed by atoms with Crippen molar-refractivity contribution in [3.8, 4) is 0 Å². The molecule has 0 amide bonds. The van der Waals surface area contributed by atoms with Crippen LogP contribution in [0.5, 0.6) is 0 Å². The summed E-state index contributed by atoms with van der Waals surface area (Å²) >= 11 is 0. The Balaban J connectivity index is 1.86. The number of benzene rings is 1. The third-order valence-corrected chi connectivity index (χ3v) is 6.99. The molecule has 0 unspecified atom stereocenters. The molecule has 4 nitrogen and oxygen atoms in total. The first-order valence-electron chi connectivity index (χ1n) is 11.9. The summed E-state index contributed by atoms with van der Waals surface area (Å²) in [6.07, 6.45) is 21.1. The highest BCUT2D eigenvalue weighted by Crippen LogP contribution is 2.14. The van der Waals surface area contributed by atoms with E-state index in [9.17, 15) is 8.42 Å². The molecule has 1 aromatic rings. The predicted molar refractivity (Wildman–Crippen MR) is 126 cm³/mol. The van der Waals surface area contributed by atoms with Gasteiger partial charge in [0.05, 0.1) is 4.90 Å². The van der Waals surface area contributed by atoms with Crippen LogP contribution in [0.2, 0.25) is 0 Å². The van der Waals surface area contributed by atoms with Crippen LogP contribution in [0.1, 0.15) is 110 Å². The summed E-state index contributed by atoms with van der Waals surface area (Å²) in [5.41, 5.74) is 6.17. The second kappa shape index (κ2) is 16.7. The molecule has 0 heterocycles. The van der Waals surface area contributed by atoms with Gasteiger partial charge in [0, 0.05) is 12.2 Å². The first-order valence-corrected chi connectivity index (χ1v) is 13.4. The highest BCUT2D eigenvalue weighted by molar-refractivity contribution is 7.89. The zero-order chi connectivity index (χ0) is 21.2. The van der Waals surface area contributed by atoms with Crippen molar-refractivity contribution in [2.75, 3.05) is 12.3 Å². The van der Waals surface area contributed by atoms with Gasteiger partial charge in [-0.25, -0.2) is 13.1 Å². The number of hydrogen-bond donors (Lipinski definition) is 2. The van der Waals surface area contributed by atoms with Gasteiger partial charge in [0.1, 0.15) is 0 Å². The van der Waals surface area contributed by atoms with Crippen molar-refractivity contribution >= 4 is 15.7 Å². The van der Waals surface area contributed by atoms with Crippen molar-refractivity contribution in [1.82, 2.24) is 4.72 Å². The van der Waals surface area contributed by atoms with Crippen LogP contribution in [0.25, 0.3) is 0 Å². The Morgan fingerprint density at radius 3 is 1.45 bits per heavy atom. The monoisotopic (exact) mass is 424 g/mol. The number of hydrogen-bond acceptors (Lipinski definition) is 3. The molecule has 0 atom stereocenters. The Bertz CT molecular complexity index is 600. The second-order valence-corrected chi connectivity index (χ2v) is 10.0. The van der Waals surface area contributed by atoms with Crippen LogP contribution in [-0.4, -0.2) is 15.0 Å². The van der Waals surface area contributed by atoms with E-state index in [1.54, 1.807) is 24.3 Å². The molecule has 0 aliphatic heterocycles. The van der Waals surface area contributed by atoms with Crippen LogP contribution in [0.3, 0.4) is 0 Å². The Morgan fingerprint density at radius 1 is 0.655 bits per heavy atom. The fraction of sp³-hybridized carbons (Fsp3) is 0.750. The lowest BCUT2D eigenvalue weighted by molar-refractivity contribution is 0.528. The van der Waals surface area contributed by atoms with E-state index in [2.05, 4.69) is 11.6 Å². The molecule has 29 heavy (non-hydrogen) atoms. The van der Waals surface area contributed by atoms with Crippen LogP contribution >= 0.6 is 0 Å². The molecule has 0 aliphatic rings. The summed E-state index contributed by atoms with van der Waals surface area (Å²) in [5.74, 6) is 0. The van der Waals surface area contributed by atoms with Gasteiger partial charge in [-0.2, -0.15) is 0 Å². The molecule has 0 aliphatic carbocycles. The van der Waals surface area contributed by atoms with Crippen LogP contribution in [0, 0.1) is 0 Å². The van der Waals surface area contributed by atoms with Crippen molar-refractivity contribution in [1.29, 1.82) is 0 Å². The summed E-state index contributed by atoms with van der Waals surface area (Å²) < 4.78 is 27.0. The minimum absolute atomic E-state index is 0.281. The number of rotatable bonds is 19. The van der Waals surface area contributed by atoms with E-state index in [-0.39, 0.29) is 4.90 Å². The quantitative estimate of drug-likeness (QED) is 0.189. The van der Waals surface area contributed by atoms with Gasteiger partial charge in [-0.15, -0.1) is 0 Å². The summed E-state index contributed by atoms with van der Waals surface area (Å²) in [6.45, 7) is 2.78. The topological polar surface area (TPSA) is 72.2 Å². The van der Waals surface area contributed by atoms with Gasteiger partial charge in [0.15, 0.2) is 0 Å². The van der Waals surface area contributed by atoms with Crippen LogP contribution in [-0.2, 0) is 10.0 Å². The van der Waals surface area contributed by atoms with E-state index in [1.807, 2.05) is 0 Å². The number of nitrogens with one attached hydrogen (secondary N) is 1. The lowest BCUT2D eigenvalue weighted by Crippen LogP contribution is -2.24. The lowest BCUT2D eigenvalue weighted by Gasteiger charge is -2.07. The van der Waals surface area contributed by atoms with Crippen molar-refractivity contribution in [3.63, 3.8) is 0 Å². The minimum atomic E-state index is -3.40. The molecule has 0 radical (unpaired) electrons. The number of nitrogen functional groups attached to an aromatic ring is 1. The molecule has 0 spiro atoms. The average molecular weight is 425 g/mol. The second-order valence-electron chi connectivity index (χ2n) is 8.27. The van der Waals surface area contributed by atoms with Crippen LogP contribution < -0.4 is 10.5 Å². The van der Waals surface area contributed by atoms with Gasteiger partial charge in [0.2, 0.25) is 10.0 Å². The van der Waals surface area contributed by atoms with E-state index in [0.29, 0.717) is 12.2 Å². The number of nitrogens with two attached hydrogens (primary N) is 1. The smallest absolute Gasteiger partial charge is 0.240 e. The van der Waals surface area contributed by atoms with E-state index in [4.69, 9.17) is 5.73 Å². The molecule has 5 heteroatoms. The van der Waals surface area contributed by atoms with Gasteiger partial charge in [-0.05, 0) is 30.7 Å². The lowest BCUT2D eigenvalue weighted by atomic mass is 10.0. The number of unbranched alkanes of at least 4 members (excludes halogenated alkanes) is 15. The molecule has 0 saturated carbocycles.